The summed E-state index contributed by atoms with van der Waals surface area (Å²) in [5.74, 6) is 6.28. The van der Waals surface area contributed by atoms with Gasteiger partial charge >= 0.3 is 0 Å². The Morgan fingerprint density at radius 2 is 0.946 bits per heavy atom. The quantitative estimate of drug-likeness (QED) is 0.153. The van der Waals surface area contributed by atoms with Crippen LogP contribution in [0.3, 0.4) is 0 Å². The van der Waals surface area contributed by atoms with Crippen LogP contribution in [-0.4, -0.2) is 148 Å². The SMILES string of the molecule is CC#CCN(C(C)=O)[C@H]1CCC2(CCN(CCC(C)(C)C)CC2)c2ccccc21.CC(=O)N1CCCCC1C(=O)N[C@H]1CCC2(CCN(CCC(C)(C)C)CC2)c2ccccc21.CCN(C(=O)CC(C)(C)O)[C@H]1CCC2(CCN(CCC(C)(C)C)CC2)c2ccccc21.[HH].[HH]. The van der Waals surface area contributed by atoms with Crippen molar-refractivity contribution in [1.82, 2.24) is 34.7 Å². The lowest BCUT2D eigenvalue weighted by Crippen LogP contribution is -2.53. The largest absolute Gasteiger partial charge is 0.390 e. The van der Waals surface area contributed by atoms with E-state index in [-0.39, 0.29) is 73.3 Å². The van der Waals surface area contributed by atoms with Crippen LogP contribution in [0.25, 0.3) is 0 Å². The average Bonchev–Trinajstić information content (AvgIpc) is 0.764. The number of amides is 4. The van der Waals surface area contributed by atoms with Gasteiger partial charge in [-0.25, -0.2) is 0 Å². The maximum atomic E-state index is 13.2. The number of rotatable bonds is 14. The third-order valence-electron chi connectivity index (χ3n) is 22.7. The van der Waals surface area contributed by atoms with Crippen molar-refractivity contribution in [2.24, 2.45) is 16.2 Å². The summed E-state index contributed by atoms with van der Waals surface area (Å²) < 4.78 is 0. The fraction of sp³-hybridized carbons (Fsp3) is 0.704. The lowest BCUT2D eigenvalue weighted by Gasteiger charge is -2.49. The number of nitrogens with one attached hydrogen (secondary N) is 1. The van der Waals surface area contributed by atoms with Crippen LogP contribution in [0.2, 0.25) is 0 Å². The molecule has 10 rings (SSSR count). The van der Waals surface area contributed by atoms with Gasteiger partial charge < -0.3 is 39.8 Å². The van der Waals surface area contributed by atoms with Gasteiger partial charge in [0.15, 0.2) is 0 Å². The first kappa shape index (κ1) is 73.7. The molecule has 3 spiro atoms. The van der Waals surface area contributed by atoms with E-state index in [2.05, 4.69) is 174 Å². The molecule has 0 radical (unpaired) electrons. The van der Waals surface area contributed by atoms with Crippen molar-refractivity contribution in [3.05, 3.63) is 106 Å². The summed E-state index contributed by atoms with van der Waals surface area (Å²) in [5.41, 5.74) is 9.37. The van der Waals surface area contributed by atoms with Gasteiger partial charge in [-0.15, -0.1) is 5.92 Å². The number of piperidine rings is 4. The van der Waals surface area contributed by atoms with Crippen LogP contribution in [-0.2, 0) is 35.4 Å². The Bertz CT molecular complexity index is 3030. The lowest BCUT2D eigenvalue weighted by atomic mass is 9.63. The van der Waals surface area contributed by atoms with Crippen molar-refractivity contribution < 1.29 is 27.1 Å². The number of aliphatic hydroxyl groups is 1. The molecule has 3 aliphatic carbocycles. The van der Waals surface area contributed by atoms with Gasteiger partial charge in [0.05, 0.1) is 36.7 Å². The number of fused-ring (bicyclic) bond motifs is 6. The molecular weight excluding hydrogens is 1150 g/mol. The minimum absolute atomic E-state index is 0. The highest BCUT2D eigenvalue weighted by molar-refractivity contribution is 5.87. The van der Waals surface area contributed by atoms with Crippen molar-refractivity contribution in [3.63, 3.8) is 0 Å². The van der Waals surface area contributed by atoms with Crippen LogP contribution in [0.4, 0.5) is 0 Å². The lowest BCUT2D eigenvalue weighted by molar-refractivity contribution is -0.141. The van der Waals surface area contributed by atoms with Gasteiger partial charge in [0.25, 0.3) is 0 Å². The highest BCUT2D eigenvalue weighted by atomic mass is 16.3. The first-order chi connectivity index (χ1) is 43.9. The highest BCUT2D eigenvalue weighted by Gasteiger charge is 2.47. The van der Waals surface area contributed by atoms with E-state index < -0.39 is 5.60 Å². The molecule has 3 aromatic rings. The number of hydrogen-bond donors (Lipinski definition) is 2. The molecule has 12 heteroatoms. The van der Waals surface area contributed by atoms with Crippen LogP contribution in [0.15, 0.2) is 72.8 Å². The smallest absolute Gasteiger partial charge is 0.243 e. The van der Waals surface area contributed by atoms with Crippen LogP contribution >= 0.6 is 0 Å². The maximum Gasteiger partial charge on any atom is 0.243 e. The van der Waals surface area contributed by atoms with E-state index >= 15 is 0 Å². The number of hydrogen-bond acceptors (Lipinski definition) is 8. The molecule has 4 heterocycles. The molecule has 12 nitrogen and oxygen atoms in total. The molecule has 93 heavy (non-hydrogen) atoms. The van der Waals surface area contributed by atoms with Gasteiger partial charge in [-0.3, -0.25) is 19.2 Å². The van der Waals surface area contributed by atoms with E-state index in [1.807, 2.05) is 16.7 Å². The summed E-state index contributed by atoms with van der Waals surface area (Å²) in [7, 11) is 0. The van der Waals surface area contributed by atoms with Crippen LogP contribution in [0, 0.1) is 28.1 Å². The molecule has 0 bridgehead atoms. The third kappa shape index (κ3) is 19.4. The molecule has 2 N–H and O–H groups in total. The van der Waals surface area contributed by atoms with Gasteiger partial charge in [0, 0.05) is 29.8 Å². The molecule has 518 valence electrons. The first-order valence-corrected chi connectivity index (χ1v) is 36.6. The van der Waals surface area contributed by atoms with Crippen molar-refractivity contribution in [2.45, 2.75) is 272 Å². The zero-order chi connectivity index (χ0) is 67.6. The van der Waals surface area contributed by atoms with E-state index in [0.29, 0.717) is 35.9 Å². The molecule has 1 unspecified atom stereocenters. The Labute approximate surface area is 567 Å². The molecule has 4 fully saturated rings. The van der Waals surface area contributed by atoms with Gasteiger partial charge in [-0.05, 0) is 268 Å². The molecule has 4 amide bonds. The van der Waals surface area contributed by atoms with Gasteiger partial charge in [0.1, 0.15) is 6.04 Å². The zero-order valence-electron chi connectivity index (χ0n) is 60.9. The minimum Gasteiger partial charge on any atom is -0.390 e. The van der Waals surface area contributed by atoms with Gasteiger partial charge in [-0.1, -0.05) is 141 Å². The monoisotopic (exact) mass is 1280 g/mol. The molecule has 0 saturated carbocycles. The van der Waals surface area contributed by atoms with E-state index in [1.54, 1.807) is 32.6 Å². The number of likely N-dealkylation sites (tertiary alicyclic amines) is 4. The van der Waals surface area contributed by atoms with E-state index in [9.17, 15) is 24.3 Å². The zero-order valence-corrected chi connectivity index (χ0v) is 60.9. The van der Waals surface area contributed by atoms with Crippen LogP contribution in [0.5, 0.6) is 0 Å². The molecule has 4 aliphatic heterocycles. The summed E-state index contributed by atoms with van der Waals surface area (Å²) in [6.45, 7) is 44.1. The molecule has 4 saturated heterocycles. The molecule has 4 atom stereocenters. The van der Waals surface area contributed by atoms with E-state index in [0.717, 1.165) is 64.5 Å². The Balaban J connectivity index is 0.000000224. The highest BCUT2D eigenvalue weighted by Crippen LogP contribution is 2.52. The second-order valence-electron chi connectivity index (χ2n) is 33.7. The summed E-state index contributed by atoms with van der Waals surface area (Å²) in [4.78, 5) is 64.4. The van der Waals surface area contributed by atoms with Gasteiger partial charge in [0.2, 0.25) is 23.6 Å². The first-order valence-electron chi connectivity index (χ1n) is 36.6. The topological polar surface area (TPSA) is 120 Å². The van der Waals surface area contributed by atoms with Crippen molar-refractivity contribution >= 4 is 23.6 Å². The van der Waals surface area contributed by atoms with Gasteiger partial charge in [-0.2, -0.15) is 0 Å². The summed E-state index contributed by atoms with van der Waals surface area (Å²) in [5, 5.41) is 13.5. The van der Waals surface area contributed by atoms with Crippen LogP contribution in [0.1, 0.15) is 280 Å². The fourth-order valence-electron chi connectivity index (χ4n) is 16.9. The Morgan fingerprint density at radius 3 is 1.33 bits per heavy atom. The van der Waals surface area contributed by atoms with Crippen molar-refractivity contribution in [2.75, 3.05) is 78.5 Å². The van der Waals surface area contributed by atoms with Crippen molar-refractivity contribution in [1.29, 1.82) is 0 Å². The second kappa shape index (κ2) is 31.4. The number of benzene rings is 3. The summed E-state index contributed by atoms with van der Waals surface area (Å²) in [6.07, 6.45) is 20.5. The Kier molecular flexibility index (Phi) is 24.9. The van der Waals surface area contributed by atoms with E-state index in [4.69, 9.17) is 0 Å². The average molecular weight is 1280 g/mol. The molecule has 3 aromatic carbocycles. The van der Waals surface area contributed by atoms with Crippen LogP contribution < -0.4 is 5.32 Å². The molecule has 0 aromatic heterocycles. The maximum absolute atomic E-state index is 13.2. The number of nitrogens with zero attached hydrogens (tertiary/aromatic N) is 6. The predicted octanol–water partition coefficient (Wildman–Crippen LogP) is 15.8. The summed E-state index contributed by atoms with van der Waals surface area (Å²) in [6, 6.07) is 26.6. The summed E-state index contributed by atoms with van der Waals surface area (Å²) >= 11 is 0. The minimum atomic E-state index is -0.972. The number of carbonyl (C=O) groups is 4. The third-order valence-corrected chi connectivity index (χ3v) is 22.7. The molecule has 7 aliphatic rings. The normalized spacial score (nSPS) is 22.9. The Morgan fingerprint density at radius 1 is 0.548 bits per heavy atom. The number of carbonyl (C=O) groups excluding carboxylic acids is 4. The van der Waals surface area contributed by atoms with Crippen molar-refractivity contribution in [3.8, 4) is 11.8 Å². The molecular formula is C81H129N7O5. The predicted molar refractivity (Wildman–Crippen MR) is 386 cm³/mol. The van der Waals surface area contributed by atoms with E-state index in [1.165, 1.54) is 143 Å². The standard InChI is InChI=1S/C28H43N3O2.C27H44N2O2.C26H38N2O.2H2/c1-21(32)31-17-8-7-11-25(31)26(33)29-24-12-13-28(23-10-6-5-9-22(23)24)15-19-30(20-16-28)18-14-27(2,3)4;1-7-29(24(30)20-26(5,6)31)23-12-13-27(22-11-9-8-10-21(22)23)15-18-28(19-16-27)17-14-25(2,3)4;1-6-7-17-28(21(2)29)24-12-13-26(23-11-9-8-10-22(23)24)15-19-27(20-16-26)18-14-25(3,4)5;;/h5-6,9-10,24-25H,7-8,11-20H2,1-4H3,(H,29,33);8-11,23,31H,7,12-20H2,1-6H3;8-11,24H,12-20H2,1-5H3;2*1H/t24-,25?;23-;24-;;/m000../s1. The fourth-order valence-corrected chi connectivity index (χ4v) is 16.9. The Hall–Kier alpha value is -5.06. The second-order valence-corrected chi connectivity index (χ2v) is 33.7.